The van der Waals surface area contributed by atoms with E-state index in [2.05, 4.69) is 6.92 Å². The molecule has 0 aliphatic rings. The first kappa shape index (κ1) is 25.4. The number of ether oxygens (including phenoxy) is 1. The summed E-state index contributed by atoms with van der Waals surface area (Å²) in [5.74, 6) is -0.723. The van der Waals surface area contributed by atoms with Gasteiger partial charge in [0.2, 0.25) is 0 Å². The Bertz CT molecular complexity index is 309. The molecule has 2 atom stereocenters. The summed E-state index contributed by atoms with van der Waals surface area (Å²) in [4.78, 5) is 10.5. The topological polar surface area (TPSA) is 87.0 Å². The molecule has 0 aromatic rings. The van der Waals surface area contributed by atoms with Gasteiger partial charge in [-0.2, -0.15) is 0 Å². The third-order valence-electron chi connectivity index (χ3n) is 4.78. The van der Waals surface area contributed by atoms with Crippen molar-refractivity contribution in [3.63, 3.8) is 0 Å². The van der Waals surface area contributed by atoms with Gasteiger partial charge in [-0.15, -0.1) is 0 Å². The highest BCUT2D eigenvalue weighted by Crippen LogP contribution is 2.17. The number of hydrogen-bond acceptors (Lipinski definition) is 4. The number of rotatable bonds is 20. The molecule has 0 aliphatic carbocycles. The summed E-state index contributed by atoms with van der Waals surface area (Å²) in [6.07, 6.45) is 15.6. The Labute approximate surface area is 160 Å². The zero-order valence-electron chi connectivity index (χ0n) is 16.8. The number of carboxylic acid groups (broad SMARTS) is 1. The van der Waals surface area contributed by atoms with Crippen LogP contribution >= 0.6 is 0 Å². The van der Waals surface area contributed by atoms with E-state index < -0.39 is 12.1 Å². The summed E-state index contributed by atoms with van der Waals surface area (Å²) in [5, 5.41) is 27.0. The van der Waals surface area contributed by atoms with E-state index >= 15 is 0 Å². The Hall–Kier alpha value is -0.650. The number of aliphatic hydroxyl groups excluding tert-OH is 2. The second kappa shape index (κ2) is 19.1. The summed E-state index contributed by atoms with van der Waals surface area (Å²) in [5.41, 5.74) is 0. The first-order valence-electron chi connectivity index (χ1n) is 10.7. The molecule has 156 valence electrons. The molecule has 0 heterocycles. The number of unbranched alkanes of at least 4 members (excludes halogenated alkanes) is 10. The van der Waals surface area contributed by atoms with Crippen molar-refractivity contribution >= 4 is 5.97 Å². The first-order valence-corrected chi connectivity index (χ1v) is 10.7. The van der Waals surface area contributed by atoms with E-state index in [0.717, 1.165) is 44.9 Å². The molecule has 5 heteroatoms. The average molecular weight is 375 g/mol. The Kier molecular flexibility index (Phi) is 18.6. The van der Waals surface area contributed by atoms with Gasteiger partial charge >= 0.3 is 5.97 Å². The Morgan fingerprint density at radius 1 is 0.846 bits per heavy atom. The molecule has 0 saturated carbocycles. The smallest absolute Gasteiger partial charge is 0.303 e. The standard InChI is InChI=1S/C21H42O5/c1-2-3-4-5-6-7-8-11-14-20(26-18-19(23)17-22)15-12-9-10-13-16-21(24)25/h19-20,22-23H,2-18H2,1H3,(H,24,25). The molecular formula is C21H42O5. The van der Waals surface area contributed by atoms with Gasteiger partial charge < -0.3 is 20.1 Å². The van der Waals surface area contributed by atoms with Crippen molar-refractivity contribution in [2.75, 3.05) is 13.2 Å². The molecule has 0 aromatic heterocycles. The Morgan fingerprint density at radius 2 is 1.35 bits per heavy atom. The van der Waals surface area contributed by atoms with Crippen LogP contribution in [-0.4, -0.2) is 46.7 Å². The van der Waals surface area contributed by atoms with Crippen LogP contribution in [0, 0.1) is 0 Å². The molecule has 5 nitrogen and oxygen atoms in total. The van der Waals surface area contributed by atoms with Crippen LogP contribution in [-0.2, 0) is 9.53 Å². The molecule has 0 rings (SSSR count). The Balaban J connectivity index is 3.82. The number of aliphatic carboxylic acids is 1. The molecule has 0 aliphatic heterocycles. The molecule has 0 radical (unpaired) electrons. The maximum Gasteiger partial charge on any atom is 0.303 e. The highest BCUT2D eigenvalue weighted by molar-refractivity contribution is 5.66. The van der Waals surface area contributed by atoms with Crippen molar-refractivity contribution in [2.24, 2.45) is 0 Å². The zero-order chi connectivity index (χ0) is 19.5. The van der Waals surface area contributed by atoms with Crippen LogP contribution < -0.4 is 0 Å². The van der Waals surface area contributed by atoms with Crippen LogP contribution in [0.5, 0.6) is 0 Å². The van der Waals surface area contributed by atoms with Gasteiger partial charge in [-0.05, 0) is 19.3 Å². The fraction of sp³-hybridized carbons (Fsp3) is 0.952. The van der Waals surface area contributed by atoms with Gasteiger partial charge in [-0.25, -0.2) is 0 Å². The van der Waals surface area contributed by atoms with Crippen LogP contribution in [0.25, 0.3) is 0 Å². The van der Waals surface area contributed by atoms with Gasteiger partial charge in [0.1, 0.15) is 6.10 Å². The average Bonchev–Trinajstić information content (AvgIpc) is 2.63. The SMILES string of the molecule is CCCCCCCCCCC(CCCCCCC(=O)O)OCC(O)CO. The number of hydrogen-bond donors (Lipinski definition) is 3. The molecule has 0 amide bonds. The minimum atomic E-state index is -0.799. The third kappa shape index (κ3) is 18.2. The lowest BCUT2D eigenvalue weighted by molar-refractivity contribution is -0.137. The van der Waals surface area contributed by atoms with E-state index in [4.69, 9.17) is 14.9 Å². The molecule has 0 aromatic carbocycles. The van der Waals surface area contributed by atoms with E-state index in [1.165, 1.54) is 44.9 Å². The molecular weight excluding hydrogens is 332 g/mol. The van der Waals surface area contributed by atoms with Gasteiger partial charge in [0.05, 0.1) is 19.3 Å². The normalized spacial score (nSPS) is 13.7. The van der Waals surface area contributed by atoms with Crippen molar-refractivity contribution < 1.29 is 24.9 Å². The summed E-state index contributed by atoms with van der Waals surface area (Å²) in [7, 11) is 0. The molecule has 0 bridgehead atoms. The number of carbonyl (C=O) groups is 1. The third-order valence-corrected chi connectivity index (χ3v) is 4.78. The molecule has 0 fully saturated rings. The predicted octanol–water partition coefficient (Wildman–Crippen LogP) is 4.68. The van der Waals surface area contributed by atoms with Crippen molar-refractivity contribution in [3.05, 3.63) is 0 Å². The Morgan fingerprint density at radius 3 is 1.85 bits per heavy atom. The fourth-order valence-electron chi connectivity index (χ4n) is 3.12. The second-order valence-corrected chi connectivity index (χ2v) is 7.40. The van der Waals surface area contributed by atoms with Gasteiger partial charge in [0.25, 0.3) is 0 Å². The maximum absolute atomic E-state index is 10.5. The minimum absolute atomic E-state index is 0.135. The van der Waals surface area contributed by atoms with E-state index in [9.17, 15) is 9.90 Å². The molecule has 0 saturated heterocycles. The van der Waals surface area contributed by atoms with Crippen molar-refractivity contribution in [2.45, 2.75) is 115 Å². The van der Waals surface area contributed by atoms with Gasteiger partial charge in [-0.1, -0.05) is 77.6 Å². The largest absolute Gasteiger partial charge is 0.481 e. The van der Waals surface area contributed by atoms with Gasteiger partial charge in [0, 0.05) is 6.42 Å². The lowest BCUT2D eigenvalue weighted by Crippen LogP contribution is -2.24. The van der Waals surface area contributed by atoms with E-state index in [1.54, 1.807) is 0 Å². The molecule has 0 spiro atoms. The van der Waals surface area contributed by atoms with Crippen LogP contribution in [0.15, 0.2) is 0 Å². The van der Waals surface area contributed by atoms with Gasteiger partial charge in [-0.3, -0.25) is 4.79 Å². The summed E-state index contributed by atoms with van der Waals surface area (Å²) >= 11 is 0. The summed E-state index contributed by atoms with van der Waals surface area (Å²) < 4.78 is 5.80. The molecule has 2 unspecified atom stereocenters. The highest BCUT2D eigenvalue weighted by atomic mass is 16.5. The first-order chi connectivity index (χ1) is 12.6. The van der Waals surface area contributed by atoms with Crippen molar-refractivity contribution in [1.29, 1.82) is 0 Å². The number of carboxylic acids is 1. The van der Waals surface area contributed by atoms with Crippen LogP contribution in [0.3, 0.4) is 0 Å². The van der Waals surface area contributed by atoms with Crippen LogP contribution in [0.4, 0.5) is 0 Å². The van der Waals surface area contributed by atoms with Crippen molar-refractivity contribution in [1.82, 2.24) is 0 Å². The van der Waals surface area contributed by atoms with Crippen LogP contribution in [0.2, 0.25) is 0 Å². The zero-order valence-corrected chi connectivity index (χ0v) is 16.8. The van der Waals surface area contributed by atoms with Crippen molar-refractivity contribution in [3.8, 4) is 0 Å². The molecule has 26 heavy (non-hydrogen) atoms. The van der Waals surface area contributed by atoms with Gasteiger partial charge in [0.15, 0.2) is 0 Å². The van der Waals surface area contributed by atoms with E-state index in [-0.39, 0.29) is 25.7 Å². The van der Waals surface area contributed by atoms with E-state index in [0.29, 0.717) is 0 Å². The molecule has 3 N–H and O–H groups in total. The van der Waals surface area contributed by atoms with Crippen LogP contribution in [0.1, 0.15) is 103 Å². The highest BCUT2D eigenvalue weighted by Gasteiger charge is 2.12. The summed E-state index contributed by atoms with van der Waals surface area (Å²) in [6, 6.07) is 0. The summed E-state index contributed by atoms with van der Waals surface area (Å²) in [6.45, 7) is 2.16. The number of aliphatic hydroxyl groups is 2. The maximum atomic E-state index is 10.5. The van der Waals surface area contributed by atoms with E-state index in [1.807, 2.05) is 0 Å². The fourth-order valence-corrected chi connectivity index (χ4v) is 3.12. The minimum Gasteiger partial charge on any atom is -0.481 e. The predicted molar refractivity (Wildman–Crippen MR) is 105 cm³/mol. The second-order valence-electron chi connectivity index (χ2n) is 7.40. The lowest BCUT2D eigenvalue weighted by Gasteiger charge is -2.19. The quantitative estimate of drug-likeness (QED) is 0.269. The lowest BCUT2D eigenvalue weighted by atomic mass is 10.0. The monoisotopic (exact) mass is 374 g/mol.